The molecule has 2 rings (SSSR count). The van der Waals surface area contributed by atoms with E-state index in [-0.39, 0.29) is 0 Å². The maximum atomic E-state index is 4.38. The molecule has 3 nitrogen and oxygen atoms in total. The molecule has 0 aliphatic rings. The van der Waals surface area contributed by atoms with Crippen LogP contribution < -0.4 is 4.90 Å². The fraction of sp³-hybridized carbons (Fsp3) is 0.300. The average Bonchev–Trinajstić information content (AvgIpc) is 2.58. The van der Waals surface area contributed by atoms with E-state index in [1.54, 1.807) is 0 Å². The van der Waals surface area contributed by atoms with Crippen molar-refractivity contribution in [3.63, 3.8) is 0 Å². The Morgan fingerprint density at radius 2 is 2.21 bits per heavy atom. The number of benzene rings is 1. The fourth-order valence-electron chi connectivity index (χ4n) is 1.40. The first-order valence-electron chi connectivity index (χ1n) is 4.47. The molecule has 1 aromatic carbocycles. The van der Waals surface area contributed by atoms with Crippen LogP contribution in [0.2, 0.25) is 0 Å². The van der Waals surface area contributed by atoms with Crippen molar-refractivity contribution in [2.75, 3.05) is 19.0 Å². The van der Waals surface area contributed by atoms with Gasteiger partial charge in [0.15, 0.2) is 0 Å². The van der Waals surface area contributed by atoms with Crippen molar-refractivity contribution in [2.24, 2.45) is 0 Å². The number of aromatic nitrogens is 2. The summed E-state index contributed by atoms with van der Waals surface area (Å²) in [5.41, 5.74) is 3.24. The van der Waals surface area contributed by atoms with E-state index in [0.717, 1.165) is 16.9 Å². The number of hydrogen-bond donors (Lipinski definition) is 2. The third-order valence-corrected chi connectivity index (χ3v) is 2.48. The number of rotatable bonds is 2. The van der Waals surface area contributed by atoms with Crippen LogP contribution in [0, 0.1) is 0 Å². The number of aromatic amines is 1. The number of nitrogens with one attached hydrogen (secondary N) is 1. The zero-order valence-corrected chi connectivity index (χ0v) is 9.18. The summed E-state index contributed by atoms with van der Waals surface area (Å²) in [4.78, 5) is 9.68. The van der Waals surface area contributed by atoms with Crippen molar-refractivity contribution in [2.45, 2.75) is 5.75 Å². The first kappa shape index (κ1) is 9.40. The summed E-state index contributed by atoms with van der Waals surface area (Å²) in [5.74, 6) is 1.56. The Kier molecular flexibility index (Phi) is 2.37. The monoisotopic (exact) mass is 207 g/mol. The summed E-state index contributed by atoms with van der Waals surface area (Å²) in [6.07, 6.45) is 0. The minimum Gasteiger partial charge on any atom is -0.378 e. The predicted octanol–water partition coefficient (Wildman–Crippen LogP) is 2.06. The summed E-state index contributed by atoms with van der Waals surface area (Å²) in [6.45, 7) is 0. The maximum Gasteiger partial charge on any atom is 0.117 e. The van der Waals surface area contributed by atoms with E-state index in [1.807, 2.05) is 20.2 Å². The number of thiol groups is 1. The Bertz CT molecular complexity index is 448. The molecule has 0 bridgehead atoms. The molecule has 74 valence electrons. The molecule has 0 spiro atoms. The molecule has 0 aliphatic carbocycles. The van der Waals surface area contributed by atoms with Crippen molar-refractivity contribution in [1.82, 2.24) is 9.97 Å². The van der Waals surface area contributed by atoms with E-state index in [1.165, 1.54) is 5.69 Å². The highest BCUT2D eigenvalue weighted by molar-refractivity contribution is 7.79. The molecule has 1 heterocycles. The second kappa shape index (κ2) is 3.53. The van der Waals surface area contributed by atoms with E-state index >= 15 is 0 Å². The molecule has 0 radical (unpaired) electrons. The van der Waals surface area contributed by atoms with Gasteiger partial charge in [0.25, 0.3) is 0 Å². The van der Waals surface area contributed by atoms with Crippen molar-refractivity contribution in [1.29, 1.82) is 0 Å². The number of anilines is 1. The SMILES string of the molecule is CN(C)c1ccc2nc(CS)[nH]c2c1. The van der Waals surface area contributed by atoms with Gasteiger partial charge < -0.3 is 9.88 Å². The smallest absolute Gasteiger partial charge is 0.117 e. The first-order valence-corrected chi connectivity index (χ1v) is 5.11. The Balaban J connectivity index is 2.54. The fourth-order valence-corrected chi connectivity index (χ4v) is 1.55. The van der Waals surface area contributed by atoms with E-state index in [4.69, 9.17) is 0 Å². The van der Waals surface area contributed by atoms with Crippen LogP contribution in [0.15, 0.2) is 18.2 Å². The third kappa shape index (κ3) is 1.57. The standard InChI is InChI=1S/C10H13N3S/c1-13(2)7-3-4-8-9(5-7)12-10(6-14)11-8/h3-5,14H,6H2,1-2H3,(H,11,12). The second-order valence-corrected chi connectivity index (χ2v) is 3.75. The lowest BCUT2D eigenvalue weighted by Gasteiger charge is -2.11. The van der Waals surface area contributed by atoms with Gasteiger partial charge in [-0.15, -0.1) is 0 Å². The largest absolute Gasteiger partial charge is 0.378 e. The highest BCUT2D eigenvalue weighted by Gasteiger charge is 2.02. The van der Waals surface area contributed by atoms with E-state index < -0.39 is 0 Å². The molecule has 1 aromatic heterocycles. The van der Waals surface area contributed by atoms with Gasteiger partial charge in [0.05, 0.1) is 11.0 Å². The van der Waals surface area contributed by atoms with E-state index in [2.05, 4.69) is 39.6 Å². The van der Waals surface area contributed by atoms with Gasteiger partial charge in [-0.25, -0.2) is 4.98 Å². The van der Waals surface area contributed by atoms with Crippen molar-refractivity contribution in [3.05, 3.63) is 24.0 Å². The molecule has 0 aliphatic heterocycles. The molecule has 1 N–H and O–H groups in total. The van der Waals surface area contributed by atoms with Gasteiger partial charge in [-0.3, -0.25) is 0 Å². The number of H-pyrrole nitrogens is 1. The maximum absolute atomic E-state index is 4.38. The molecular formula is C10H13N3S. The molecule has 0 amide bonds. The zero-order chi connectivity index (χ0) is 10.1. The van der Waals surface area contributed by atoms with Gasteiger partial charge in [-0.1, -0.05) is 0 Å². The normalized spacial score (nSPS) is 10.8. The van der Waals surface area contributed by atoms with Crippen LogP contribution in [-0.2, 0) is 5.75 Å². The second-order valence-electron chi connectivity index (χ2n) is 3.44. The quantitative estimate of drug-likeness (QED) is 0.739. The summed E-state index contributed by atoms with van der Waals surface area (Å²) in [7, 11) is 4.05. The molecule has 0 unspecified atom stereocenters. The van der Waals surface area contributed by atoms with Crippen LogP contribution in [0.3, 0.4) is 0 Å². The summed E-state index contributed by atoms with van der Waals surface area (Å²) < 4.78 is 0. The lowest BCUT2D eigenvalue weighted by molar-refractivity contribution is 1.13. The number of imidazole rings is 1. The van der Waals surface area contributed by atoms with Crippen LogP contribution in [0.25, 0.3) is 11.0 Å². The molecular weight excluding hydrogens is 194 g/mol. The van der Waals surface area contributed by atoms with Gasteiger partial charge in [0, 0.05) is 25.5 Å². The number of nitrogens with zero attached hydrogens (tertiary/aromatic N) is 2. The minimum atomic E-state index is 0.645. The van der Waals surface area contributed by atoms with Crippen LogP contribution in [0.1, 0.15) is 5.82 Å². The van der Waals surface area contributed by atoms with Gasteiger partial charge in [-0.05, 0) is 18.2 Å². The van der Waals surface area contributed by atoms with Crippen molar-refractivity contribution >= 4 is 29.3 Å². The Morgan fingerprint density at radius 3 is 2.86 bits per heavy atom. The third-order valence-electron chi connectivity index (χ3n) is 2.18. The Hall–Kier alpha value is -1.16. The molecule has 0 saturated heterocycles. The average molecular weight is 207 g/mol. The molecule has 0 saturated carbocycles. The molecule has 14 heavy (non-hydrogen) atoms. The summed E-state index contributed by atoms with van der Waals surface area (Å²) >= 11 is 4.18. The lowest BCUT2D eigenvalue weighted by Crippen LogP contribution is -2.07. The highest BCUT2D eigenvalue weighted by Crippen LogP contribution is 2.19. The van der Waals surface area contributed by atoms with Gasteiger partial charge in [0.1, 0.15) is 5.82 Å². The lowest BCUT2D eigenvalue weighted by atomic mass is 10.2. The van der Waals surface area contributed by atoms with Crippen LogP contribution in [0.5, 0.6) is 0 Å². The van der Waals surface area contributed by atoms with Crippen LogP contribution >= 0.6 is 12.6 Å². The Labute approximate surface area is 88.6 Å². The predicted molar refractivity (Wildman–Crippen MR) is 63.1 cm³/mol. The molecule has 0 fully saturated rings. The molecule has 0 atom stereocenters. The number of hydrogen-bond acceptors (Lipinski definition) is 3. The summed E-state index contributed by atoms with van der Waals surface area (Å²) in [5, 5.41) is 0. The Morgan fingerprint density at radius 1 is 1.43 bits per heavy atom. The highest BCUT2D eigenvalue weighted by atomic mass is 32.1. The van der Waals surface area contributed by atoms with Crippen molar-refractivity contribution < 1.29 is 0 Å². The van der Waals surface area contributed by atoms with Gasteiger partial charge in [-0.2, -0.15) is 12.6 Å². The first-order chi connectivity index (χ1) is 6.70. The summed E-state index contributed by atoms with van der Waals surface area (Å²) in [6, 6.07) is 6.18. The number of fused-ring (bicyclic) bond motifs is 1. The molecule has 2 aromatic rings. The zero-order valence-electron chi connectivity index (χ0n) is 8.28. The topological polar surface area (TPSA) is 31.9 Å². The van der Waals surface area contributed by atoms with Crippen LogP contribution in [0.4, 0.5) is 5.69 Å². The van der Waals surface area contributed by atoms with E-state index in [0.29, 0.717) is 5.75 Å². The van der Waals surface area contributed by atoms with E-state index in [9.17, 15) is 0 Å². The van der Waals surface area contributed by atoms with Gasteiger partial charge >= 0.3 is 0 Å². The van der Waals surface area contributed by atoms with Gasteiger partial charge in [0.2, 0.25) is 0 Å². The minimum absolute atomic E-state index is 0.645. The molecule has 4 heteroatoms. The van der Waals surface area contributed by atoms with Crippen molar-refractivity contribution in [3.8, 4) is 0 Å². The van der Waals surface area contributed by atoms with Crippen LogP contribution in [-0.4, -0.2) is 24.1 Å².